The highest BCUT2D eigenvalue weighted by atomic mass is 35.5. The minimum absolute atomic E-state index is 0. The van der Waals surface area contributed by atoms with Gasteiger partial charge in [-0.1, -0.05) is 12.1 Å². The Morgan fingerprint density at radius 1 is 1.10 bits per heavy atom. The number of aryl methyl sites for hydroxylation is 1. The average Bonchev–Trinajstić information content (AvgIpc) is 2.72. The topological polar surface area (TPSA) is 73.9 Å². The molecule has 2 saturated heterocycles. The number of piperidine rings is 1. The molecule has 2 aliphatic rings. The van der Waals surface area contributed by atoms with Crippen molar-refractivity contribution in [3.8, 4) is 0 Å². The number of amides is 2. The zero-order valence-corrected chi connectivity index (χ0v) is 19.7. The largest absolute Gasteiger partial charge is 0.368 e. The van der Waals surface area contributed by atoms with E-state index in [1.165, 1.54) is 0 Å². The molecule has 1 aromatic carbocycles. The van der Waals surface area contributed by atoms with Gasteiger partial charge in [0.1, 0.15) is 5.60 Å². The maximum absolute atomic E-state index is 13.0. The van der Waals surface area contributed by atoms with Crippen molar-refractivity contribution in [3.63, 3.8) is 0 Å². The van der Waals surface area contributed by atoms with Crippen molar-refractivity contribution in [1.82, 2.24) is 15.1 Å². The number of hydrogen-bond donors (Lipinski definition) is 2. The van der Waals surface area contributed by atoms with Gasteiger partial charge in [-0.2, -0.15) is 0 Å². The second-order valence-electron chi connectivity index (χ2n) is 7.81. The van der Waals surface area contributed by atoms with E-state index in [9.17, 15) is 9.59 Å². The van der Waals surface area contributed by atoms with Crippen LogP contribution in [0.25, 0.3) is 0 Å². The smallest absolute Gasteiger partial charge is 0.254 e. The van der Waals surface area contributed by atoms with Crippen LogP contribution < -0.4 is 10.6 Å². The van der Waals surface area contributed by atoms with Crippen molar-refractivity contribution in [2.24, 2.45) is 0 Å². The van der Waals surface area contributed by atoms with Gasteiger partial charge in [0, 0.05) is 39.0 Å². The number of ether oxygens (including phenoxy) is 1. The fourth-order valence-corrected chi connectivity index (χ4v) is 4.01. The summed E-state index contributed by atoms with van der Waals surface area (Å²) < 4.78 is 5.66. The summed E-state index contributed by atoms with van der Waals surface area (Å²) in [6.07, 6.45) is 1.42. The van der Waals surface area contributed by atoms with Gasteiger partial charge in [-0.05, 0) is 57.0 Å². The quantitative estimate of drug-likeness (QED) is 0.702. The second kappa shape index (κ2) is 11.9. The van der Waals surface area contributed by atoms with E-state index in [4.69, 9.17) is 4.74 Å². The van der Waals surface area contributed by atoms with Crippen LogP contribution in [-0.4, -0.2) is 80.1 Å². The first kappa shape index (κ1) is 26.7. The number of carbonyl (C=O) groups excluding carboxylic acids is 2. The van der Waals surface area contributed by atoms with Crippen molar-refractivity contribution in [2.45, 2.75) is 32.3 Å². The third-order valence-corrected chi connectivity index (χ3v) is 6.10. The van der Waals surface area contributed by atoms with Gasteiger partial charge in [-0.25, -0.2) is 0 Å². The summed E-state index contributed by atoms with van der Waals surface area (Å²) in [5.74, 6) is 0.0798. The van der Waals surface area contributed by atoms with Crippen LogP contribution in [0.3, 0.4) is 0 Å². The lowest BCUT2D eigenvalue weighted by Gasteiger charge is -2.42. The normalized spacial score (nSPS) is 18.7. The summed E-state index contributed by atoms with van der Waals surface area (Å²) in [4.78, 5) is 29.5. The molecule has 0 bridgehead atoms. The monoisotopic (exact) mass is 460 g/mol. The number of nitrogens with zero attached hydrogens (tertiary/aromatic N) is 2. The fourth-order valence-electron chi connectivity index (χ4n) is 4.01. The predicted octanol–water partition coefficient (Wildman–Crippen LogP) is 2.00. The molecule has 0 radical (unpaired) electrons. The van der Waals surface area contributed by atoms with Crippen LogP contribution in [0.15, 0.2) is 18.2 Å². The molecule has 2 fully saturated rings. The van der Waals surface area contributed by atoms with E-state index >= 15 is 0 Å². The lowest BCUT2D eigenvalue weighted by atomic mass is 9.90. The molecule has 3 rings (SSSR count). The molecule has 2 aliphatic heterocycles. The van der Waals surface area contributed by atoms with Crippen LogP contribution >= 0.6 is 24.8 Å². The highest BCUT2D eigenvalue weighted by molar-refractivity contribution is 5.93. The summed E-state index contributed by atoms with van der Waals surface area (Å²) in [5.41, 5.74) is 2.44. The molecule has 30 heavy (non-hydrogen) atoms. The maximum atomic E-state index is 13.0. The van der Waals surface area contributed by atoms with Gasteiger partial charge in [-0.15, -0.1) is 24.8 Å². The lowest BCUT2D eigenvalue weighted by Crippen LogP contribution is -2.59. The summed E-state index contributed by atoms with van der Waals surface area (Å²) in [6, 6.07) is 5.92. The Labute approximate surface area is 191 Å². The van der Waals surface area contributed by atoms with Crippen molar-refractivity contribution in [3.05, 3.63) is 29.3 Å². The molecule has 0 spiro atoms. The molecule has 2 heterocycles. The molecular formula is C21H34Cl2N4O3. The Morgan fingerprint density at radius 3 is 2.33 bits per heavy atom. The molecule has 7 nitrogen and oxygen atoms in total. The molecule has 2 N–H and O–H groups in total. The standard InChI is InChI=1S/C21H32N4O3.2ClH/c1-16-5-4-6-18(17(16)2)23-19(26)15-24-11-13-25(14-12-24)20(27)21(28-3)7-9-22-10-8-21;;/h4-6,22H,7-15H2,1-3H3,(H,23,26);2*1H. The SMILES string of the molecule is COC1(C(=O)N2CCN(CC(=O)Nc3cccc(C)c3C)CC2)CCNCC1.Cl.Cl. The van der Waals surface area contributed by atoms with Crippen molar-refractivity contribution in [2.75, 3.05) is 58.2 Å². The molecule has 170 valence electrons. The van der Waals surface area contributed by atoms with Crippen molar-refractivity contribution < 1.29 is 14.3 Å². The zero-order valence-electron chi connectivity index (χ0n) is 18.0. The molecule has 9 heteroatoms. The number of halogens is 2. The Balaban J connectivity index is 0.00000225. The van der Waals surface area contributed by atoms with Crippen LogP contribution in [0.2, 0.25) is 0 Å². The first-order chi connectivity index (χ1) is 13.4. The first-order valence-electron chi connectivity index (χ1n) is 10.1. The first-order valence-corrected chi connectivity index (χ1v) is 10.1. The van der Waals surface area contributed by atoms with Gasteiger partial charge in [-0.3, -0.25) is 14.5 Å². The second-order valence-corrected chi connectivity index (χ2v) is 7.81. The molecule has 0 atom stereocenters. The van der Waals surface area contributed by atoms with Gasteiger partial charge < -0.3 is 20.3 Å². The number of anilines is 1. The zero-order chi connectivity index (χ0) is 20.1. The summed E-state index contributed by atoms with van der Waals surface area (Å²) >= 11 is 0. The number of methoxy groups -OCH3 is 1. The van der Waals surface area contributed by atoms with E-state index in [-0.39, 0.29) is 36.6 Å². The van der Waals surface area contributed by atoms with E-state index in [1.54, 1.807) is 7.11 Å². The van der Waals surface area contributed by atoms with Crippen molar-refractivity contribution >= 4 is 42.3 Å². The van der Waals surface area contributed by atoms with Gasteiger partial charge in [0.25, 0.3) is 5.91 Å². The Kier molecular flexibility index (Phi) is 10.5. The van der Waals surface area contributed by atoms with E-state index in [1.807, 2.05) is 36.9 Å². The molecule has 0 aromatic heterocycles. The van der Waals surface area contributed by atoms with E-state index in [0.717, 1.165) is 29.9 Å². The third kappa shape index (κ3) is 6.08. The fraction of sp³-hybridized carbons (Fsp3) is 0.619. The minimum atomic E-state index is -0.687. The molecule has 0 aliphatic carbocycles. The molecule has 0 saturated carbocycles. The summed E-state index contributed by atoms with van der Waals surface area (Å²) in [6.45, 7) is 8.67. The predicted molar refractivity (Wildman–Crippen MR) is 124 cm³/mol. The number of nitrogens with one attached hydrogen (secondary N) is 2. The van der Waals surface area contributed by atoms with Gasteiger partial charge >= 0.3 is 0 Å². The third-order valence-electron chi connectivity index (χ3n) is 6.10. The Bertz CT molecular complexity index is 718. The van der Waals surface area contributed by atoms with E-state index in [2.05, 4.69) is 15.5 Å². The number of piperazine rings is 1. The number of hydrogen-bond acceptors (Lipinski definition) is 5. The summed E-state index contributed by atoms with van der Waals surface area (Å²) in [7, 11) is 1.64. The van der Waals surface area contributed by atoms with Crippen LogP contribution in [0.5, 0.6) is 0 Å². The Hall–Kier alpha value is -1.38. The molecule has 2 amide bonds. The number of carbonyl (C=O) groups is 2. The van der Waals surface area contributed by atoms with E-state index < -0.39 is 5.60 Å². The van der Waals surface area contributed by atoms with Gasteiger partial charge in [0.15, 0.2) is 0 Å². The van der Waals surface area contributed by atoms with Crippen molar-refractivity contribution in [1.29, 1.82) is 0 Å². The van der Waals surface area contributed by atoms with Crippen LogP contribution in [0, 0.1) is 13.8 Å². The van der Waals surface area contributed by atoms with Crippen LogP contribution in [-0.2, 0) is 14.3 Å². The average molecular weight is 461 g/mol. The molecule has 1 aromatic rings. The number of benzene rings is 1. The van der Waals surface area contributed by atoms with Gasteiger partial charge in [0.2, 0.25) is 5.91 Å². The Morgan fingerprint density at radius 2 is 1.73 bits per heavy atom. The number of rotatable bonds is 5. The van der Waals surface area contributed by atoms with Crippen LogP contribution in [0.4, 0.5) is 5.69 Å². The van der Waals surface area contributed by atoms with Gasteiger partial charge in [0.05, 0.1) is 6.54 Å². The molecule has 0 unspecified atom stereocenters. The molecular weight excluding hydrogens is 427 g/mol. The highest BCUT2D eigenvalue weighted by Gasteiger charge is 2.43. The lowest BCUT2D eigenvalue weighted by molar-refractivity contribution is -0.160. The highest BCUT2D eigenvalue weighted by Crippen LogP contribution is 2.26. The maximum Gasteiger partial charge on any atom is 0.254 e. The minimum Gasteiger partial charge on any atom is -0.368 e. The van der Waals surface area contributed by atoms with E-state index in [0.29, 0.717) is 45.6 Å². The summed E-state index contributed by atoms with van der Waals surface area (Å²) in [5, 5.41) is 6.30. The van der Waals surface area contributed by atoms with Crippen LogP contribution in [0.1, 0.15) is 24.0 Å².